The first kappa shape index (κ1) is 14.2. The van der Waals surface area contributed by atoms with Crippen molar-refractivity contribution in [2.75, 3.05) is 12.3 Å². The minimum Gasteiger partial charge on any atom is -0.397 e. The van der Waals surface area contributed by atoms with Gasteiger partial charge in [0.25, 0.3) is 0 Å². The Kier molecular flexibility index (Phi) is 3.47. The molecule has 6 heteroatoms. The number of hydrogen-bond donors (Lipinski definition) is 1. The summed E-state index contributed by atoms with van der Waals surface area (Å²) < 4.78 is 27.5. The monoisotopic (exact) mass is 314 g/mol. The standard InChI is InChI=1S/C14H19ClN2O2S/c1-9-6-12(15)13(16)7-14(9)20(18,19)17(11-4-5-11)8-10-2-3-10/h6-7,10-11H,2-5,8,16H2,1H3. The van der Waals surface area contributed by atoms with Gasteiger partial charge in [-0.25, -0.2) is 8.42 Å². The van der Waals surface area contributed by atoms with Gasteiger partial charge in [0.15, 0.2) is 0 Å². The van der Waals surface area contributed by atoms with Crippen LogP contribution in [-0.4, -0.2) is 25.3 Å². The minimum atomic E-state index is -3.47. The Morgan fingerprint density at radius 3 is 2.50 bits per heavy atom. The molecule has 0 atom stereocenters. The fourth-order valence-electron chi connectivity index (χ4n) is 2.43. The number of nitrogens with two attached hydrogens (primary N) is 1. The molecule has 0 bridgehead atoms. The predicted molar refractivity (Wildman–Crippen MR) is 80.2 cm³/mol. The topological polar surface area (TPSA) is 63.4 Å². The number of anilines is 1. The SMILES string of the molecule is Cc1cc(Cl)c(N)cc1S(=O)(=O)N(CC1CC1)C1CC1. The van der Waals surface area contributed by atoms with E-state index in [0.717, 1.165) is 25.7 Å². The van der Waals surface area contributed by atoms with Crippen LogP contribution in [-0.2, 0) is 10.0 Å². The second-order valence-corrected chi connectivity index (χ2v) is 8.15. The van der Waals surface area contributed by atoms with E-state index in [-0.39, 0.29) is 6.04 Å². The summed E-state index contributed by atoms with van der Waals surface area (Å²) in [6.45, 7) is 2.41. The molecule has 20 heavy (non-hydrogen) atoms. The molecule has 2 N–H and O–H groups in total. The number of hydrogen-bond acceptors (Lipinski definition) is 3. The highest BCUT2D eigenvalue weighted by atomic mass is 35.5. The first-order valence-electron chi connectivity index (χ1n) is 6.97. The second kappa shape index (κ2) is 4.90. The molecule has 1 aromatic carbocycles. The zero-order valence-corrected chi connectivity index (χ0v) is 13.0. The van der Waals surface area contributed by atoms with Crippen LogP contribution in [0.15, 0.2) is 17.0 Å². The summed E-state index contributed by atoms with van der Waals surface area (Å²) in [6, 6.07) is 3.30. The lowest BCUT2D eigenvalue weighted by Crippen LogP contribution is -2.35. The van der Waals surface area contributed by atoms with Crippen molar-refractivity contribution in [1.82, 2.24) is 4.31 Å². The normalized spacial score (nSPS) is 19.6. The highest BCUT2D eigenvalue weighted by molar-refractivity contribution is 7.89. The first-order chi connectivity index (χ1) is 9.39. The van der Waals surface area contributed by atoms with E-state index >= 15 is 0 Å². The quantitative estimate of drug-likeness (QED) is 0.850. The maximum absolute atomic E-state index is 12.9. The van der Waals surface area contributed by atoms with Gasteiger partial charge in [0.05, 0.1) is 15.6 Å². The molecule has 0 aliphatic heterocycles. The van der Waals surface area contributed by atoms with Gasteiger partial charge in [0.1, 0.15) is 0 Å². The Labute approximate surface area is 125 Å². The fraction of sp³-hybridized carbons (Fsp3) is 0.571. The van der Waals surface area contributed by atoms with Crippen LogP contribution in [0.1, 0.15) is 31.2 Å². The van der Waals surface area contributed by atoms with Crippen LogP contribution in [0.25, 0.3) is 0 Å². The van der Waals surface area contributed by atoms with Gasteiger partial charge in [-0.1, -0.05) is 11.6 Å². The number of halogens is 1. The molecule has 0 heterocycles. The third kappa shape index (κ3) is 2.67. The van der Waals surface area contributed by atoms with E-state index in [4.69, 9.17) is 17.3 Å². The van der Waals surface area contributed by atoms with Crippen LogP contribution in [0.5, 0.6) is 0 Å². The molecule has 2 aliphatic rings. The van der Waals surface area contributed by atoms with Crippen molar-refractivity contribution in [2.24, 2.45) is 5.92 Å². The second-order valence-electron chi connectivity index (χ2n) is 5.89. The summed E-state index contributed by atoms with van der Waals surface area (Å²) in [4.78, 5) is 0.298. The fourth-order valence-corrected chi connectivity index (χ4v) is 4.66. The Morgan fingerprint density at radius 2 is 1.95 bits per heavy atom. The van der Waals surface area contributed by atoms with Crippen LogP contribution >= 0.6 is 11.6 Å². The number of benzene rings is 1. The highest BCUT2D eigenvalue weighted by Gasteiger charge is 2.41. The lowest BCUT2D eigenvalue weighted by Gasteiger charge is -2.23. The van der Waals surface area contributed by atoms with E-state index in [9.17, 15) is 8.42 Å². The lowest BCUT2D eigenvalue weighted by molar-refractivity contribution is 0.388. The Balaban J connectivity index is 1.98. The molecular weight excluding hydrogens is 296 g/mol. The average Bonchev–Trinajstić information content (AvgIpc) is 3.24. The predicted octanol–water partition coefficient (Wildman–Crippen LogP) is 2.79. The number of aryl methyl sites for hydroxylation is 1. The van der Waals surface area contributed by atoms with E-state index in [0.29, 0.717) is 33.6 Å². The van der Waals surface area contributed by atoms with Crippen LogP contribution in [0.3, 0.4) is 0 Å². The molecule has 0 aromatic heterocycles. The third-order valence-electron chi connectivity index (χ3n) is 3.97. The van der Waals surface area contributed by atoms with Gasteiger partial charge in [-0.3, -0.25) is 0 Å². The average molecular weight is 315 g/mol. The maximum Gasteiger partial charge on any atom is 0.243 e. The molecule has 0 amide bonds. The molecule has 0 unspecified atom stereocenters. The Hall–Kier alpha value is -0.780. The van der Waals surface area contributed by atoms with E-state index in [1.807, 2.05) is 0 Å². The number of nitrogen functional groups attached to an aromatic ring is 1. The van der Waals surface area contributed by atoms with Crippen molar-refractivity contribution in [3.8, 4) is 0 Å². The van der Waals surface area contributed by atoms with Gasteiger partial charge in [-0.2, -0.15) is 4.31 Å². The molecule has 110 valence electrons. The lowest BCUT2D eigenvalue weighted by atomic mass is 10.2. The Morgan fingerprint density at radius 1 is 1.30 bits per heavy atom. The molecule has 2 aliphatic carbocycles. The summed E-state index contributed by atoms with van der Waals surface area (Å²) in [7, 11) is -3.47. The van der Waals surface area contributed by atoms with Gasteiger partial charge >= 0.3 is 0 Å². The van der Waals surface area contributed by atoms with Crippen molar-refractivity contribution in [1.29, 1.82) is 0 Å². The van der Waals surface area contributed by atoms with Crippen molar-refractivity contribution >= 4 is 27.3 Å². The first-order valence-corrected chi connectivity index (χ1v) is 8.79. The van der Waals surface area contributed by atoms with E-state index in [2.05, 4.69) is 0 Å². The zero-order valence-electron chi connectivity index (χ0n) is 11.5. The molecule has 0 radical (unpaired) electrons. The smallest absolute Gasteiger partial charge is 0.243 e. The number of rotatable bonds is 5. The summed E-state index contributed by atoms with van der Waals surface area (Å²) in [5.41, 5.74) is 6.75. The third-order valence-corrected chi connectivity index (χ3v) is 6.36. The summed E-state index contributed by atoms with van der Waals surface area (Å²) in [6.07, 6.45) is 4.21. The van der Waals surface area contributed by atoms with Crippen LogP contribution in [0.2, 0.25) is 5.02 Å². The van der Waals surface area contributed by atoms with Gasteiger partial charge in [-0.05, 0) is 56.2 Å². The van der Waals surface area contributed by atoms with Crippen molar-refractivity contribution in [3.05, 3.63) is 22.7 Å². The van der Waals surface area contributed by atoms with Gasteiger partial charge in [-0.15, -0.1) is 0 Å². The van der Waals surface area contributed by atoms with E-state index in [1.165, 1.54) is 6.07 Å². The molecule has 2 fully saturated rings. The molecule has 4 nitrogen and oxygen atoms in total. The zero-order chi connectivity index (χ0) is 14.5. The van der Waals surface area contributed by atoms with Crippen molar-refractivity contribution in [3.63, 3.8) is 0 Å². The number of sulfonamides is 1. The summed E-state index contributed by atoms with van der Waals surface area (Å²) in [5, 5.41) is 0.404. The van der Waals surface area contributed by atoms with Crippen LogP contribution in [0.4, 0.5) is 5.69 Å². The maximum atomic E-state index is 12.9. The molecule has 2 saturated carbocycles. The Bertz CT molecular complexity index is 637. The van der Waals surface area contributed by atoms with Gasteiger partial charge < -0.3 is 5.73 Å². The van der Waals surface area contributed by atoms with Crippen LogP contribution < -0.4 is 5.73 Å². The minimum absolute atomic E-state index is 0.178. The molecule has 1 aromatic rings. The largest absolute Gasteiger partial charge is 0.397 e. The summed E-state index contributed by atoms with van der Waals surface area (Å²) >= 11 is 5.95. The highest BCUT2D eigenvalue weighted by Crippen LogP contribution is 2.39. The molecule has 0 spiro atoms. The van der Waals surface area contributed by atoms with Crippen LogP contribution in [0, 0.1) is 12.8 Å². The van der Waals surface area contributed by atoms with Crippen molar-refractivity contribution in [2.45, 2.75) is 43.5 Å². The molecule has 3 rings (SSSR count). The van der Waals surface area contributed by atoms with Crippen molar-refractivity contribution < 1.29 is 8.42 Å². The molecular formula is C14H19ClN2O2S. The van der Waals surface area contributed by atoms with Gasteiger partial charge in [0.2, 0.25) is 10.0 Å². The number of nitrogens with zero attached hydrogens (tertiary/aromatic N) is 1. The van der Waals surface area contributed by atoms with E-state index in [1.54, 1.807) is 17.3 Å². The van der Waals surface area contributed by atoms with Gasteiger partial charge in [0, 0.05) is 12.6 Å². The summed E-state index contributed by atoms with van der Waals surface area (Å²) in [5.74, 6) is 0.537. The molecule has 0 saturated heterocycles. The van der Waals surface area contributed by atoms with E-state index < -0.39 is 10.0 Å².